The van der Waals surface area contributed by atoms with E-state index in [-0.39, 0.29) is 12.2 Å². The van der Waals surface area contributed by atoms with Gasteiger partial charge < -0.3 is 9.26 Å². The molecule has 9 nitrogen and oxygen atoms in total. The Kier molecular flexibility index (Phi) is 3.52. The molecule has 0 saturated carbocycles. The van der Waals surface area contributed by atoms with Crippen molar-refractivity contribution in [1.29, 1.82) is 0 Å². The van der Waals surface area contributed by atoms with Crippen molar-refractivity contribution in [3.63, 3.8) is 0 Å². The molecule has 1 aromatic carbocycles. The molecule has 9 heteroatoms. The standard InChI is InChI=1S/C13H11N5O4/c1-21-11-4-2-9(3-5-11)13-15-12(16-22-13)8-17-7-10(6-14-17)18(19)20/h2-7H,8H2,1H3. The van der Waals surface area contributed by atoms with Crippen LogP contribution in [-0.4, -0.2) is 32.0 Å². The van der Waals surface area contributed by atoms with Gasteiger partial charge in [-0.2, -0.15) is 10.1 Å². The molecule has 0 aliphatic heterocycles. The van der Waals surface area contributed by atoms with Gasteiger partial charge in [-0.25, -0.2) is 0 Å². The summed E-state index contributed by atoms with van der Waals surface area (Å²) in [6, 6.07) is 7.18. The number of methoxy groups -OCH3 is 1. The fourth-order valence-electron chi connectivity index (χ4n) is 1.85. The van der Waals surface area contributed by atoms with Gasteiger partial charge in [0.2, 0.25) is 0 Å². The van der Waals surface area contributed by atoms with Crippen LogP contribution in [0, 0.1) is 10.1 Å². The minimum atomic E-state index is -0.511. The molecule has 112 valence electrons. The molecule has 2 heterocycles. The Hall–Kier alpha value is -3.23. The van der Waals surface area contributed by atoms with Crippen LogP contribution in [0.3, 0.4) is 0 Å². The molecule has 0 unspecified atom stereocenters. The van der Waals surface area contributed by atoms with Crippen molar-refractivity contribution in [3.05, 3.63) is 52.6 Å². The molecular formula is C13H11N5O4. The first-order chi connectivity index (χ1) is 10.7. The minimum Gasteiger partial charge on any atom is -0.497 e. The summed E-state index contributed by atoms with van der Waals surface area (Å²) in [7, 11) is 1.59. The lowest BCUT2D eigenvalue weighted by molar-refractivity contribution is -0.385. The normalized spacial score (nSPS) is 10.6. The molecule has 0 bridgehead atoms. The fraction of sp³-hybridized carbons (Fsp3) is 0.154. The molecule has 0 N–H and O–H groups in total. The SMILES string of the molecule is COc1ccc(-c2nc(Cn3cc([N+](=O)[O-])cn3)no2)cc1. The fourth-order valence-corrected chi connectivity index (χ4v) is 1.85. The highest BCUT2D eigenvalue weighted by molar-refractivity contribution is 5.54. The van der Waals surface area contributed by atoms with Crippen molar-refractivity contribution in [1.82, 2.24) is 19.9 Å². The molecule has 0 fully saturated rings. The van der Waals surface area contributed by atoms with Gasteiger partial charge in [-0.15, -0.1) is 0 Å². The van der Waals surface area contributed by atoms with E-state index in [0.29, 0.717) is 11.7 Å². The maximum absolute atomic E-state index is 10.6. The van der Waals surface area contributed by atoms with Crippen LogP contribution in [0.1, 0.15) is 5.82 Å². The zero-order chi connectivity index (χ0) is 15.5. The monoisotopic (exact) mass is 301 g/mol. The van der Waals surface area contributed by atoms with Crippen molar-refractivity contribution < 1.29 is 14.2 Å². The van der Waals surface area contributed by atoms with Gasteiger partial charge in [0.25, 0.3) is 5.89 Å². The van der Waals surface area contributed by atoms with Gasteiger partial charge >= 0.3 is 5.69 Å². The summed E-state index contributed by atoms with van der Waals surface area (Å²) < 4.78 is 11.6. The molecule has 3 aromatic rings. The average molecular weight is 301 g/mol. The lowest BCUT2D eigenvalue weighted by Crippen LogP contribution is -2.01. The van der Waals surface area contributed by atoms with E-state index in [0.717, 1.165) is 11.3 Å². The van der Waals surface area contributed by atoms with Gasteiger partial charge in [0.15, 0.2) is 5.82 Å². The molecule has 2 aromatic heterocycles. The molecule has 0 aliphatic rings. The number of ether oxygens (including phenoxy) is 1. The van der Waals surface area contributed by atoms with Crippen LogP contribution in [0.2, 0.25) is 0 Å². The molecule has 0 atom stereocenters. The Labute approximate surface area is 124 Å². The van der Waals surface area contributed by atoms with Gasteiger partial charge in [0.05, 0.1) is 12.0 Å². The Morgan fingerprint density at radius 1 is 1.36 bits per heavy atom. The summed E-state index contributed by atoms with van der Waals surface area (Å²) >= 11 is 0. The van der Waals surface area contributed by atoms with Crippen LogP contribution < -0.4 is 4.74 Å². The topological polar surface area (TPSA) is 109 Å². The summed E-state index contributed by atoms with van der Waals surface area (Å²) in [5.74, 6) is 1.47. The highest BCUT2D eigenvalue weighted by Crippen LogP contribution is 2.20. The van der Waals surface area contributed by atoms with Crippen LogP contribution in [0.25, 0.3) is 11.5 Å². The predicted octanol–water partition coefficient (Wildman–Crippen LogP) is 1.90. The quantitative estimate of drug-likeness (QED) is 0.523. The first-order valence-corrected chi connectivity index (χ1v) is 6.29. The number of rotatable bonds is 5. The Morgan fingerprint density at radius 2 is 2.14 bits per heavy atom. The average Bonchev–Trinajstić information content (AvgIpc) is 3.17. The van der Waals surface area contributed by atoms with E-state index in [1.165, 1.54) is 17.1 Å². The van der Waals surface area contributed by atoms with Gasteiger partial charge in [0.1, 0.15) is 24.7 Å². The van der Waals surface area contributed by atoms with Gasteiger partial charge in [0, 0.05) is 5.56 Å². The van der Waals surface area contributed by atoms with Gasteiger partial charge in [-0.05, 0) is 24.3 Å². The van der Waals surface area contributed by atoms with Crippen molar-refractivity contribution in [2.45, 2.75) is 6.54 Å². The van der Waals surface area contributed by atoms with Crippen LogP contribution in [0.5, 0.6) is 5.75 Å². The second-order valence-corrected chi connectivity index (χ2v) is 4.40. The maximum Gasteiger partial charge on any atom is 0.307 e. The predicted molar refractivity (Wildman–Crippen MR) is 74.3 cm³/mol. The summed E-state index contributed by atoms with van der Waals surface area (Å²) in [6.45, 7) is 0.188. The molecule has 0 aliphatic carbocycles. The van der Waals surface area contributed by atoms with Crippen molar-refractivity contribution in [3.8, 4) is 17.2 Å². The Balaban J connectivity index is 1.76. The molecule has 22 heavy (non-hydrogen) atoms. The summed E-state index contributed by atoms with van der Waals surface area (Å²) in [4.78, 5) is 14.3. The largest absolute Gasteiger partial charge is 0.497 e. The Bertz CT molecular complexity index is 793. The minimum absolute atomic E-state index is 0.0844. The summed E-state index contributed by atoms with van der Waals surface area (Å²) in [5.41, 5.74) is 0.671. The van der Waals surface area contributed by atoms with E-state index < -0.39 is 4.92 Å². The number of aromatic nitrogens is 4. The highest BCUT2D eigenvalue weighted by atomic mass is 16.6. The maximum atomic E-state index is 10.6. The van der Waals surface area contributed by atoms with Crippen LogP contribution in [0.15, 0.2) is 41.2 Å². The number of nitro groups is 1. The lowest BCUT2D eigenvalue weighted by Gasteiger charge is -1.98. The second kappa shape index (κ2) is 5.64. The van der Waals surface area contributed by atoms with Gasteiger partial charge in [-0.3, -0.25) is 14.8 Å². The molecule has 0 radical (unpaired) electrons. The number of benzene rings is 1. The van der Waals surface area contributed by atoms with Crippen molar-refractivity contribution in [2.75, 3.05) is 7.11 Å². The third-order valence-electron chi connectivity index (χ3n) is 2.94. The van der Waals surface area contributed by atoms with E-state index >= 15 is 0 Å². The third-order valence-corrected chi connectivity index (χ3v) is 2.94. The molecular weight excluding hydrogens is 290 g/mol. The van der Waals surface area contributed by atoms with Gasteiger partial charge in [-0.1, -0.05) is 5.16 Å². The Morgan fingerprint density at radius 3 is 2.77 bits per heavy atom. The number of nitrogens with zero attached hydrogens (tertiary/aromatic N) is 5. The molecule has 0 saturated heterocycles. The summed E-state index contributed by atoms with van der Waals surface area (Å²) in [5, 5.41) is 18.3. The van der Waals surface area contributed by atoms with Crippen LogP contribution in [0.4, 0.5) is 5.69 Å². The first-order valence-electron chi connectivity index (χ1n) is 6.29. The van der Waals surface area contributed by atoms with Crippen LogP contribution >= 0.6 is 0 Å². The lowest BCUT2D eigenvalue weighted by atomic mass is 10.2. The molecule has 0 spiro atoms. The van der Waals surface area contributed by atoms with E-state index in [2.05, 4.69) is 15.2 Å². The van der Waals surface area contributed by atoms with E-state index in [9.17, 15) is 10.1 Å². The first kappa shape index (κ1) is 13.7. The van der Waals surface area contributed by atoms with Crippen molar-refractivity contribution in [2.24, 2.45) is 0 Å². The second-order valence-electron chi connectivity index (χ2n) is 4.40. The zero-order valence-electron chi connectivity index (χ0n) is 11.5. The van der Waals surface area contributed by atoms with E-state index in [4.69, 9.17) is 9.26 Å². The molecule has 3 rings (SSSR count). The van der Waals surface area contributed by atoms with E-state index in [1.54, 1.807) is 31.4 Å². The molecule has 0 amide bonds. The smallest absolute Gasteiger partial charge is 0.307 e. The van der Waals surface area contributed by atoms with E-state index in [1.807, 2.05) is 0 Å². The van der Waals surface area contributed by atoms with Crippen molar-refractivity contribution >= 4 is 5.69 Å². The van der Waals surface area contributed by atoms with Crippen LogP contribution in [-0.2, 0) is 6.54 Å². The summed E-state index contributed by atoms with van der Waals surface area (Å²) in [6.07, 6.45) is 2.48. The number of hydrogen-bond acceptors (Lipinski definition) is 7. The highest BCUT2D eigenvalue weighted by Gasteiger charge is 2.13. The number of hydrogen-bond donors (Lipinski definition) is 0. The third kappa shape index (κ3) is 2.77. The zero-order valence-corrected chi connectivity index (χ0v) is 11.5.